The number of hydrogen-bond acceptors (Lipinski definition) is 4. The van der Waals surface area contributed by atoms with Crippen LogP contribution in [0.1, 0.15) is 44.5 Å². The molecule has 0 aliphatic rings. The fourth-order valence-corrected chi connectivity index (χ4v) is 3.61. The van der Waals surface area contributed by atoms with Gasteiger partial charge in [0.15, 0.2) is 0 Å². The maximum atomic E-state index is 12.6. The molecule has 0 aliphatic carbocycles. The number of hydrogen-bond donors (Lipinski definition) is 1. The summed E-state index contributed by atoms with van der Waals surface area (Å²) in [5.74, 6) is 0.215. The van der Waals surface area contributed by atoms with E-state index in [1.54, 1.807) is 24.1 Å². The standard InChI is InChI=1S/C18H31N3O3S.ClH/c1-6-21(7-2)18(22)15-8-10-16(11-9-15)25(23,24)20(5)13-12-17(19)14(3)4;/h8-11,14,17H,6-7,12-13,19H2,1-5H3;1H. The Bertz CT molecular complexity index is 659. The smallest absolute Gasteiger partial charge is 0.253 e. The molecule has 1 amide bonds. The Morgan fingerprint density at radius 3 is 2.04 bits per heavy atom. The van der Waals surface area contributed by atoms with Crippen LogP contribution < -0.4 is 5.73 Å². The average Bonchev–Trinajstić information content (AvgIpc) is 2.60. The third kappa shape index (κ3) is 6.23. The lowest BCUT2D eigenvalue weighted by molar-refractivity contribution is 0.0773. The number of carbonyl (C=O) groups is 1. The summed E-state index contributed by atoms with van der Waals surface area (Å²) in [5.41, 5.74) is 6.48. The topological polar surface area (TPSA) is 83.7 Å². The summed E-state index contributed by atoms with van der Waals surface area (Å²) in [4.78, 5) is 14.2. The van der Waals surface area contributed by atoms with E-state index in [9.17, 15) is 13.2 Å². The van der Waals surface area contributed by atoms with Gasteiger partial charge in [-0.1, -0.05) is 13.8 Å². The van der Waals surface area contributed by atoms with E-state index in [0.29, 0.717) is 37.5 Å². The van der Waals surface area contributed by atoms with E-state index in [-0.39, 0.29) is 29.3 Å². The van der Waals surface area contributed by atoms with Gasteiger partial charge >= 0.3 is 0 Å². The summed E-state index contributed by atoms with van der Waals surface area (Å²) in [6.07, 6.45) is 0.603. The van der Waals surface area contributed by atoms with Gasteiger partial charge in [0, 0.05) is 38.3 Å². The van der Waals surface area contributed by atoms with Gasteiger partial charge in [-0.25, -0.2) is 12.7 Å². The van der Waals surface area contributed by atoms with E-state index < -0.39 is 10.0 Å². The van der Waals surface area contributed by atoms with Crippen LogP contribution in [0.2, 0.25) is 0 Å². The van der Waals surface area contributed by atoms with Gasteiger partial charge in [-0.3, -0.25) is 4.79 Å². The third-order valence-corrected chi connectivity index (χ3v) is 6.36. The number of carbonyl (C=O) groups excluding carboxylic acids is 1. The molecule has 0 fully saturated rings. The highest BCUT2D eigenvalue weighted by atomic mass is 35.5. The zero-order valence-corrected chi connectivity index (χ0v) is 17.9. The number of benzene rings is 1. The van der Waals surface area contributed by atoms with Crippen LogP contribution in [0.4, 0.5) is 0 Å². The minimum absolute atomic E-state index is 0. The van der Waals surface area contributed by atoms with Gasteiger partial charge < -0.3 is 10.6 Å². The zero-order chi connectivity index (χ0) is 19.2. The molecule has 1 atom stereocenters. The minimum atomic E-state index is -3.58. The summed E-state index contributed by atoms with van der Waals surface area (Å²) >= 11 is 0. The lowest BCUT2D eigenvalue weighted by Gasteiger charge is -2.22. The molecule has 8 heteroatoms. The highest BCUT2D eigenvalue weighted by Crippen LogP contribution is 2.17. The second-order valence-electron chi connectivity index (χ2n) is 6.52. The molecule has 1 aromatic rings. The Morgan fingerprint density at radius 2 is 1.62 bits per heavy atom. The first kappa shape index (κ1) is 24.8. The zero-order valence-electron chi connectivity index (χ0n) is 16.3. The van der Waals surface area contributed by atoms with Gasteiger partial charge in [-0.05, 0) is 50.5 Å². The molecule has 0 spiro atoms. The van der Waals surface area contributed by atoms with Crippen LogP contribution in [0.15, 0.2) is 29.2 Å². The summed E-state index contributed by atoms with van der Waals surface area (Å²) < 4.78 is 26.6. The number of amides is 1. The SMILES string of the molecule is CCN(CC)C(=O)c1ccc(S(=O)(=O)N(C)CCC(N)C(C)C)cc1.Cl. The largest absolute Gasteiger partial charge is 0.339 e. The van der Waals surface area contributed by atoms with Crippen LogP contribution in [-0.4, -0.2) is 56.3 Å². The molecule has 1 unspecified atom stereocenters. The molecule has 0 saturated carbocycles. The number of rotatable bonds is 9. The van der Waals surface area contributed by atoms with Crippen LogP contribution >= 0.6 is 12.4 Å². The van der Waals surface area contributed by atoms with E-state index in [0.717, 1.165) is 0 Å². The molecule has 1 aromatic carbocycles. The first-order valence-electron chi connectivity index (χ1n) is 8.76. The molecule has 0 radical (unpaired) electrons. The molecular formula is C18H32ClN3O3S. The summed E-state index contributed by atoms with van der Waals surface area (Å²) in [6.45, 7) is 9.47. The van der Waals surface area contributed by atoms with Crippen LogP contribution in [0, 0.1) is 5.92 Å². The van der Waals surface area contributed by atoms with Crippen molar-refractivity contribution in [3.05, 3.63) is 29.8 Å². The van der Waals surface area contributed by atoms with Crippen molar-refractivity contribution in [2.45, 2.75) is 45.1 Å². The Hall–Kier alpha value is -1.15. The van der Waals surface area contributed by atoms with E-state index >= 15 is 0 Å². The quantitative estimate of drug-likeness (QED) is 0.684. The fourth-order valence-electron chi connectivity index (χ4n) is 2.43. The Balaban J connectivity index is 0.00000625. The second-order valence-corrected chi connectivity index (χ2v) is 8.57. The summed E-state index contributed by atoms with van der Waals surface area (Å²) in [6, 6.07) is 6.09. The van der Waals surface area contributed by atoms with E-state index in [1.165, 1.54) is 16.4 Å². The molecule has 6 nitrogen and oxygen atoms in total. The van der Waals surface area contributed by atoms with Crippen molar-refractivity contribution in [3.8, 4) is 0 Å². The van der Waals surface area contributed by atoms with Crippen molar-refractivity contribution < 1.29 is 13.2 Å². The molecule has 26 heavy (non-hydrogen) atoms. The predicted octanol–water partition coefficient (Wildman–Crippen LogP) is 2.58. The van der Waals surface area contributed by atoms with E-state index in [1.807, 2.05) is 27.7 Å². The Morgan fingerprint density at radius 1 is 1.12 bits per heavy atom. The molecule has 2 N–H and O–H groups in total. The van der Waals surface area contributed by atoms with Gasteiger partial charge in [0.1, 0.15) is 0 Å². The lowest BCUT2D eigenvalue weighted by atomic mass is 10.0. The third-order valence-electron chi connectivity index (χ3n) is 4.49. The van der Waals surface area contributed by atoms with Gasteiger partial charge in [0.05, 0.1) is 4.90 Å². The van der Waals surface area contributed by atoms with Crippen LogP contribution in [0.5, 0.6) is 0 Å². The number of halogens is 1. The van der Waals surface area contributed by atoms with Crippen molar-refractivity contribution in [3.63, 3.8) is 0 Å². The predicted molar refractivity (Wildman–Crippen MR) is 108 cm³/mol. The van der Waals surface area contributed by atoms with Gasteiger partial charge in [-0.15, -0.1) is 12.4 Å². The van der Waals surface area contributed by atoms with Crippen molar-refractivity contribution in [2.75, 3.05) is 26.7 Å². The van der Waals surface area contributed by atoms with E-state index in [2.05, 4.69) is 0 Å². The Kier molecular flexibility index (Phi) is 10.4. The van der Waals surface area contributed by atoms with Crippen molar-refractivity contribution >= 4 is 28.3 Å². The van der Waals surface area contributed by atoms with Crippen LogP contribution in [-0.2, 0) is 10.0 Å². The summed E-state index contributed by atoms with van der Waals surface area (Å²) in [5, 5.41) is 0. The Labute approximate surface area is 164 Å². The van der Waals surface area contributed by atoms with Gasteiger partial charge in [-0.2, -0.15) is 0 Å². The van der Waals surface area contributed by atoms with E-state index in [4.69, 9.17) is 5.73 Å². The first-order chi connectivity index (χ1) is 11.6. The first-order valence-corrected chi connectivity index (χ1v) is 10.2. The van der Waals surface area contributed by atoms with Crippen LogP contribution in [0.3, 0.4) is 0 Å². The van der Waals surface area contributed by atoms with Crippen molar-refractivity contribution in [1.29, 1.82) is 0 Å². The lowest BCUT2D eigenvalue weighted by Crippen LogP contribution is -2.34. The highest BCUT2D eigenvalue weighted by Gasteiger charge is 2.22. The monoisotopic (exact) mass is 405 g/mol. The normalized spacial score (nSPS) is 12.8. The van der Waals surface area contributed by atoms with Crippen molar-refractivity contribution in [1.82, 2.24) is 9.21 Å². The van der Waals surface area contributed by atoms with Crippen LogP contribution in [0.25, 0.3) is 0 Å². The van der Waals surface area contributed by atoms with Gasteiger partial charge in [0.25, 0.3) is 5.91 Å². The van der Waals surface area contributed by atoms with Gasteiger partial charge in [0.2, 0.25) is 10.0 Å². The number of nitrogens with zero attached hydrogens (tertiary/aromatic N) is 2. The molecule has 0 aromatic heterocycles. The molecule has 1 rings (SSSR count). The number of nitrogens with two attached hydrogens (primary N) is 1. The highest BCUT2D eigenvalue weighted by molar-refractivity contribution is 7.89. The molecule has 0 heterocycles. The maximum Gasteiger partial charge on any atom is 0.253 e. The average molecular weight is 406 g/mol. The molecule has 0 bridgehead atoms. The molecule has 150 valence electrons. The molecule has 0 saturated heterocycles. The second kappa shape index (κ2) is 10.9. The number of sulfonamides is 1. The molecular weight excluding hydrogens is 374 g/mol. The fraction of sp³-hybridized carbons (Fsp3) is 0.611. The summed E-state index contributed by atoms with van der Waals surface area (Å²) in [7, 11) is -2.03. The molecule has 0 aliphatic heterocycles. The van der Waals surface area contributed by atoms with Crippen molar-refractivity contribution in [2.24, 2.45) is 11.7 Å². The maximum absolute atomic E-state index is 12.6. The minimum Gasteiger partial charge on any atom is -0.339 e.